The normalized spacial score (nSPS) is 18.6. The van der Waals surface area contributed by atoms with Gasteiger partial charge < -0.3 is 20.5 Å². The van der Waals surface area contributed by atoms with Gasteiger partial charge >= 0.3 is 6.18 Å². The monoisotopic (exact) mass is 298 g/mol. The van der Waals surface area contributed by atoms with Crippen LogP contribution < -0.4 is 10.6 Å². The van der Waals surface area contributed by atoms with E-state index in [2.05, 4.69) is 10.6 Å². The zero-order valence-electron chi connectivity index (χ0n) is 11.4. The van der Waals surface area contributed by atoms with E-state index in [1.54, 1.807) is 0 Å². The Hall–Kier alpha value is -0.860. The summed E-state index contributed by atoms with van der Waals surface area (Å²) >= 11 is 0. The summed E-state index contributed by atoms with van der Waals surface area (Å²) in [4.78, 5) is 11.6. The third kappa shape index (κ3) is 6.53. The Balaban J connectivity index is 2.43. The van der Waals surface area contributed by atoms with Crippen molar-refractivity contribution in [1.82, 2.24) is 10.6 Å². The minimum Gasteiger partial charge on any atom is -0.394 e. The van der Waals surface area contributed by atoms with E-state index >= 15 is 0 Å². The average molecular weight is 298 g/mol. The van der Waals surface area contributed by atoms with Crippen LogP contribution in [0.4, 0.5) is 13.2 Å². The van der Waals surface area contributed by atoms with Crippen molar-refractivity contribution in [3.05, 3.63) is 0 Å². The number of alkyl halides is 3. The maximum Gasteiger partial charge on any atom is 0.404 e. The molecule has 8 heteroatoms. The molecule has 1 rings (SSSR count). The third-order valence-electron chi connectivity index (χ3n) is 3.05. The quantitative estimate of drug-likeness (QED) is 0.582. The number of halogens is 3. The molecule has 0 bridgehead atoms. The number of hydrogen-bond donors (Lipinski definition) is 3. The van der Waals surface area contributed by atoms with Crippen LogP contribution in [0.15, 0.2) is 0 Å². The van der Waals surface area contributed by atoms with Gasteiger partial charge in [0.15, 0.2) is 0 Å². The summed E-state index contributed by atoms with van der Waals surface area (Å²) in [5.74, 6) is -0.726. The predicted molar refractivity (Wildman–Crippen MR) is 66.1 cm³/mol. The van der Waals surface area contributed by atoms with E-state index < -0.39 is 30.6 Å². The summed E-state index contributed by atoms with van der Waals surface area (Å²) in [6.07, 6.45) is -3.36. The molecule has 0 radical (unpaired) electrons. The van der Waals surface area contributed by atoms with Crippen molar-refractivity contribution >= 4 is 5.91 Å². The lowest BCUT2D eigenvalue weighted by Gasteiger charge is -2.23. The van der Waals surface area contributed by atoms with E-state index in [1.807, 2.05) is 0 Å². The molecular weight excluding hydrogens is 277 g/mol. The molecule has 0 saturated heterocycles. The van der Waals surface area contributed by atoms with Crippen molar-refractivity contribution in [2.75, 3.05) is 20.3 Å². The lowest BCUT2D eigenvalue weighted by molar-refractivity contribution is -0.162. The number of ether oxygens (including phenoxy) is 1. The van der Waals surface area contributed by atoms with Crippen molar-refractivity contribution in [3.8, 4) is 0 Å². The molecule has 1 fully saturated rings. The molecule has 1 amide bonds. The van der Waals surface area contributed by atoms with Crippen LogP contribution in [-0.2, 0) is 9.53 Å². The molecular formula is C12H21F3N2O3. The molecule has 0 aromatic heterocycles. The Morgan fingerprint density at radius 2 is 2.10 bits per heavy atom. The summed E-state index contributed by atoms with van der Waals surface area (Å²) in [7, 11) is 1.47. The highest BCUT2D eigenvalue weighted by Crippen LogP contribution is 2.27. The van der Waals surface area contributed by atoms with Gasteiger partial charge in [-0.3, -0.25) is 4.79 Å². The summed E-state index contributed by atoms with van der Waals surface area (Å²) < 4.78 is 43.1. The molecule has 0 aromatic carbocycles. The van der Waals surface area contributed by atoms with E-state index in [0.29, 0.717) is 25.9 Å². The van der Waals surface area contributed by atoms with Crippen molar-refractivity contribution < 1.29 is 27.8 Å². The second kappa shape index (κ2) is 7.80. The fraction of sp³-hybridized carbons (Fsp3) is 0.917. The number of hydrogen-bond acceptors (Lipinski definition) is 4. The molecule has 5 nitrogen and oxygen atoms in total. The van der Waals surface area contributed by atoms with Gasteiger partial charge in [0.2, 0.25) is 5.91 Å². The number of amides is 1. The Morgan fingerprint density at radius 1 is 1.45 bits per heavy atom. The second-order valence-electron chi connectivity index (χ2n) is 4.97. The van der Waals surface area contributed by atoms with Crippen LogP contribution in [0.2, 0.25) is 0 Å². The van der Waals surface area contributed by atoms with Crippen LogP contribution in [0.1, 0.15) is 25.7 Å². The van der Waals surface area contributed by atoms with Gasteiger partial charge in [0.1, 0.15) is 6.04 Å². The Labute approximate surface area is 115 Å². The largest absolute Gasteiger partial charge is 0.404 e. The first-order chi connectivity index (χ1) is 9.36. The van der Waals surface area contributed by atoms with Gasteiger partial charge in [-0.15, -0.1) is 0 Å². The molecule has 1 saturated carbocycles. The molecule has 0 aliphatic heterocycles. The number of methoxy groups -OCH3 is 1. The minimum absolute atomic E-state index is 0.142. The van der Waals surface area contributed by atoms with Crippen LogP contribution in [0.25, 0.3) is 0 Å². The molecule has 1 aliphatic rings. The molecule has 0 aromatic rings. The zero-order chi connectivity index (χ0) is 15.2. The average Bonchev–Trinajstić information content (AvgIpc) is 3.16. The van der Waals surface area contributed by atoms with E-state index in [-0.39, 0.29) is 12.6 Å². The minimum atomic E-state index is -4.46. The highest BCUT2D eigenvalue weighted by atomic mass is 19.4. The van der Waals surface area contributed by atoms with Gasteiger partial charge in [-0.1, -0.05) is 0 Å². The van der Waals surface area contributed by atoms with Gasteiger partial charge in [-0.25, -0.2) is 0 Å². The van der Waals surface area contributed by atoms with E-state index in [0.717, 1.165) is 0 Å². The first kappa shape index (κ1) is 17.2. The Bertz CT molecular complexity index is 309. The van der Waals surface area contributed by atoms with E-state index in [4.69, 9.17) is 9.84 Å². The second-order valence-corrected chi connectivity index (χ2v) is 4.97. The van der Waals surface area contributed by atoms with Crippen LogP contribution in [-0.4, -0.2) is 55.6 Å². The Morgan fingerprint density at radius 3 is 2.55 bits per heavy atom. The maximum atomic E-state index is 12.8. The predicted octanol–water partition coefficient (Wildman–Crippen LogP) is 0.573. The van der Waals surface area contributed by atoms with Crippen molar-refractivity contribution in [2.45, 2.75) is 50.0 Å². The fourth-order valence-corrected chi connectivity index (χ4v) is 1.74. The Kier molecular flexibility index (Phi) is 6.70. The molecule has 2 atom stereocenters. The molecule has 20 heavy (non-hydrogen) atoms. The summed E-state index contributed by atoms with van der Waals surface area (Å²) in [5.41, 5.74) is 0. The maximum absolute atomic E-state index is 12.8. The van der Waals surface area contributed by atoms with Gasteiger partial charge in [-0.2, -0.15) is 13.2 Å². The number of aliphatic hydroxyl groups is 1. The van der Waals surface area contributed by atoms with Crippen LogP contribution in [0, 0.1) is 0 Å². The number of nitrogens with one attached hydrogen (secondary N) is 2. The fourth-order valence-electron chi connectivity index (χ4n) is 1.74. The third-order valence-corrected chi connectivity index (χ3v) is 3.05. The van der Waals surface area contributed by atoms with Gasteiger partial charge in [-0.05, 0) is 19.3 Å². The van der Waals surface area contributed by atoms with Gasteiger partial charge in [0.05, 0.1) is 19.1 Å². The number of rotatable bonds is 9. The standard InChI is InChI=1S/C12H21F3N2O3/c1-20-5-4-9(7-18)17-11(19)6-10(12(13,14)15)16-8-2-3-8/h8-10,16,18H,2-7H2,1H3,(H,17,19). The molecule has 3 N–H and O–H groups in total. The smallest absolute Gasteiger partial charge is 0.394 e. The lowest BCUT2D eigenvalue weighted by Crippen LogP contribution is -2.48. The number of carbonyl (C=O) groups is 1. The van der Waals surface area contributed by atoms with E-state index in [1.165, 1.54) is 7.11 Å². The lowest BCUT2D eigenvalue weighted by atomic mass is 10.1. The summed E-state index contributed by atoms with van der Waals surface area (Å²) in [6.45, 7) is -0.0175. The van der Waals surface area contributed by atoms with Gasteiger partial charge in [0, 0.05) is 19.8 Å². The highest BCUT2D eigenvalue weighted by Gasteiger charge is 2.43. The van der Waals surface area contributed by atoms with Crippen LogP contribution >= 0.6 is 0 Å². The first-order valence-electron chi connectivity index (χ1n) is 6.58. The highest BCUT2D eigenvalue weighted by molar-refractivity contribution is 5.77. The zero-order valence-corrected chi connectivity index (χ0v) is 11.4. The van der Waals surface area contributed by atoms with Crippen molar-refractivity contribution in [3.63, 3.8) is 0 Å². The molecule has 2 unspecified atom stereocenters. The molecule has 0 spiro atoms. The van der Waals surface area contributed by atoms with Crippen LogP contribution in [0.3, 0.4) is 0 Å². The molecule has 0 heterocycles. The van der Waals surface area contributed by atoms with Crippen LogP contribution in [0.5, 0.6) is 0 Å². The van der Waals surface area contributed by atoms with Crippen molar-refractivity contribution in [1.29, 1.82) is 0 Å². The van der Waals surface area contributed by atoms with Gasteiger partial charge in [0.25, 0.3) is 0 Å². The topological polar surface area (TPSA) is 70.6 Å². The van der Waals surface area contributed by atoms with Crippen molar-refractivity contribution in [2.24, 2.45) is 0 Å². The number of aliphatic hydroxyl groups excluding tert-OH is 1. The van der Waals surface area contributed by atoms with E-state index in [9.17, 15) is 18.0 Å². The molecule has 1 aliphatic carbocycles. The SMILES string of the molecule is COCCC(CO)NC(=O)CC(NC1CC1)C(F)(F)F. The first-order valence-corrected chi connectivity index (χ1v) is 6.58. The summed E-state index contributed by atoms with van der Waals surface area (Å²) in [5, 5.41) is 13.9. The molecule has 118 valence electrons. The summed E-state index contributed by atoms with van der Waals surface area (Å²) in [6, 6.07) is -2.56. The number of carbonyl (C=O) groups excluding carboxylic acids is 1.